The Morgan fingerprint density at radius 1 is 0.882 bits per heavy atom. The van der Waals surface area contributed by atoms with Gasteiger partial charge in [0, 0.05) is 43.0 Å². The van der Waals surface area contributed by atoms with Crippen LogP contribution >= 0.6 is 15.9 Å². The summed E-state index contributed by atoms with van der Waals surface area (Å²) >= 11 is 3.40. The zero-order chi connectivity index (χ0) is 24.1. The van der Waals surface area contributed by atoms with Crippen LogP contribution in [0.4, 0.5) is 17.3 Å². The predicted molar refractivity (Wildman–Crippen MR) is 135 cm³/mol. The van der Waals surface area contributed by atoms with Gasteiger partial charge in [0.2, 0.25) is 5.95 Å². The molecular weight excluding hydrogens is 500 g/mol. The van der Waals surface area contributed by atoms with Gasteiger partial charge in [-0.15, -0.1) is 0 Å². The third-order valence-corrected chi connectivity index (χ3v) is 5.91. The molecule has 0 saturated carbocycles. The summed E-state index contributed by atoms with van der Waals surface area (Å²) in [5.74, 6) is -0.0185. The number of amides is 1. The van der Waals surface area contributed by atoms with Gasteiger partial charge in [0.05, 0.1) is 11.3 Å². The molecule has 0 aliphatic carbocycles. The first-order valence-electron chi connectivity index (χ1n) is 10.5. The lowest BCUT2D eigenvalue weighted by Gasteiger charge is -2.34. The zero-order valence-electron chi connectivity index (χ0n) is 18.2. The van der Waals surface area contributed by atoms with Crippen LogP contribution in [0.3, 0.4) is 0 Å². The highest BCUT2D eigenvalue weighted by Crippen LogP contribution is 2.31. The number of rotatable bonds is 4. The van der Waals surface area contributed by atoms with Crippen molar-refractivity contribution in [3.05, 3.63) is 71.0 Å². The summed E-state index contributed by atoms with van der Waals surface area (Å²) in [6.45, 7) is 2.11. The van der Waals surface area contributed by atoms with Crippen LogP contribution in [0.2, 0.25) is 0 Å². The summed E-state index contributed by atoms with van der Waals surface area (Å²) < 4.78 is 0.750. The molecule has 2 aromatic carbocycles. The van der Waals surface area contributed by atoms with Crippen LogP contribution in [0.25, 0.3) is 0 Å². The zero-order valence-corrected chi connectivity index (χ0v) is 19.8. The fraction of sp³-hybridized carbons (Fsp3) is 0.174. The van der Waals surface area contributed by atoms with E-state index in [0.717, 1.165) is 4.47 Å². The highest BCUT2D eigenvalue weighted by Gasteiger charge is 2.25. The highest BCUT2D eigenvalue weighted by atomic mass is 79.9. The number of aliphatic imine (C=N–C) groups is 2. The molecule has 1 aliphatic heterocycles. The lowest BCUT2D eigenvalue weighted by atomic mass is 10.1. The molecule has 0 spiro atoms. The highest BCUT2D eigenvalue weighted by molar-refractivity contribution is 9.10. The van der Waals surface area contributed by atoms with Crippen molar-refractivity contribution in [2.24, 2.45) is 21.5 Å². The minimum Gasteiger partial charge on any atom is -0.505 e. The van der Waals surface area contributed by atoms with Gasteiger partial charge in [-0.3, -0.25) is 4.79 Å². The number of amidine groups is 2. The number of benzene rings is 2. The Kier molecular flexibility index (Phi) is 7.02. The van der Waals surface area contributed by atoms with Gasteiger partial charge in [0.1, 0.15) is 5.69 Å². The normalized spacial score (nSPS) is 14.9. The number of anilines is 1. The number of nitrogens with two attached hydrogens (primary N) is 2. The van der Waals surface area contributed by atoms with Crippen LogP contribution in [-0.4, -0.2) is 63.7 Å². The molecule has 1 aliphatic rings. The van der Waals surface area contributed by atoms with E-state index in [0.29, 0.717) is 37.8 Å². The minimum atomic E-state index is -0.295. The maximum absolute atomic E-state index is 13.1. The molecule has 4 rings (SSSR count). The molecule has 1 fully saturated rings. The fourth-order valence-corrected chi connectivity index (χ4v) is 3.82. The number of carbonyl (C=O) groups is 1. The molecule has 2 heterocycles. The quantitative estimate of drug-likeness (QED) is 0.352. The maximum Gasteiger partial charge on any atom is 0.257 e. The fourth-order valence-electron chi connectivity index (χ4n) is 3.45. The number of hydrogen-bond donors (Lipinski definition) is 3. The minimum absolute atomic E-state index is 0.0118. The number of halogens is 1. The van der Waals surface area contributed by atoms with E-state index in [1.807, 2.05) is 23.1 Å². The van der Waals surface area contributed by atoms with Gasteiger partial charge in [0.25, 0.3) is 5.91 Å². The smallest absolute Gasteiger partial charge is 0.257 e. The van der Waals surface area contributed by atoms with E-state index in [4.69, 9.17) is 11.5 Å². The van der Waals surface area contributed by atoms with E-state index in [1.165, 1.54) is 0 Å². The molecular formula is C23H23BrN8O2. The van der Waals surface area contributed by atoms with E-state index in [9.17, 15) is 9.90 Å². The van der Waals surface area contributed by atoms with Crippen molar-refractivity contribution in [3.63, 3.8) is 0 Å². The number of para-hydroxylation sites is 2. The monoisotopic (exact) mass is 522 g/mol. The number of phenols is 1. The Morgan fingerprint density at radius 3 is 2.18 bits per heavy atom. The SMILES string of the molecule is NC(=Nc1ccccc1Br)C(N)=Nc1cccc(C(=O)N2CCN(c3ncccn3)CC2)c1O. The first kappa shape index (κ1) is 23.2. The number of piperazine rings is 1. The summed E-state index contributed by atoms with van der Waals surface area (Å²) in [7, 11) is 0. The lowest BCUT2D eigenvalue weighted by molar-refractivity contribution is 0.0743. The molecule has 0 radical (unpaired) electrons. The standard InChI is InChI=1S/C23H23BrN8O2/c24-16-6-1-2-7-17(16)29-20(25)21(26)30-18-8-3-5-15(19(18)33)22(34)31-11-13-32(14-12-31)23-27-9-4-10-28-23/h1-10,33H,11-14H2,(H2,25,29)(H2,26,30). The summed E-state index contributed by atoms with van der Waals surface area (Å²) in [4.78, 5) is 33.8. The molecule has 174 valence electrons. The molecule has 1 aromatic heterocycles. The molecule has 0 unspecified atom stereocenters. The molecule has 3 aromatic rings. The van der Waals surface area contributed by atoms with E-state index in [1.54, 1.807) is 47.6 Å². The third kappa shape index (κ3) is 5.15. The van der Waals surface area contributed by atoms with Crippen molar-refractivity contribution in [1.29, 1.82) is 0 Å². The first-order valence-corrected chi connectivity index (χ1v) is 11.3. The van der Waals surface area contributed by atoms with Crippen molar-refractivity contribution in [2.75, 3.05) is 31.1 Å². The molecule has 1 saturated heterocycles. The first-order chi connectivity index (χ1) is 16.4. The number of nitrogens with zero attached hydrogens (tertiary/aromatic N) is 6. The number of hydrogen-bond acceptors (Lipinski definition) is 7. The van der Waals surface area contributed by atoms with Crippen LogP contribution < -0.4 is 16.4 Å². The second-order valence-corrected chi connectivity index (χ2v) is 8.30. The largest absolute Gasteiger partial charge is 0.505 e. The van der Waals surface area contributed by atoms with Crippen molar-refractivity contribution >= 4 is 50.8 Å². The Bertz CT molecular complexity index is 1240. The van der Waals surface area contributed by atoms with Crippen molar-refractivity contribution in [2.45, 2.75) is 0 Å². The molecule has 0 atom stereocenters. The van der Waals surface area contributed by atoms with Gasteiger partial charge < -0.3 is 26.4 Å². The molecule has 10 nitrogen and oxygen atoms in total. The molecule has 11 heteroatoms. The Hall–Kier alpha value is -3.99. The second kappa shape index (κ2) is 10.3. The van der Waals surface area contributed by atoms with Gasteiger partial charge in [-0.05, 0) is 46.3 Å². The maximum atomic E-state index is 13.1. The number of phenolic OH excluding ortho intramolecular Hbond substituents is 1. The average molecular weight is 523 g/mol. The van der Waals surface area contributed by atoms with Crippen molar-refractivity contribution in [3.8, 4) is 5.75 Å². The summed E-state index contributed by atoms with van der Waals surface area (Å²) in [5, 5.41) is 10.8. The number of carbonyl (C=O) groups excluding carboxylic acids is 1. The average Bonchev–Trinajstić information content (AvgIpc) is 2.87. The van der Waals surface area contributed by atoms with Crippen LogP contribution in [0.5, 0.6) is 5.75 Å². The van der Waals surface area contributed by atoms with E-state index < -0.39 is 0 Å². The van der Waals surface area contributed by atoms with Crippen molar-refractivity contribution < 1.29 is 9.90 Å². The lowest BCUT2D eigenvalue weighted by Crippen LogP contribution is -2.49. The third-order valence-electron chi connectivity index (χ3n) is 5.24. The Morgan fingerprint density at radius 2 is 1.50 bits per heavy atom. The van der Waals surface area contributed by atoms with Gasteiger partial charge in [0.15, 0.2) is 17.4 Å². The summed E-state index contributed by atoms with van der Waals surface area (Å²) in [6.07, 6.45) is 3.37. The summed E-state index contributed by atoms with van der Waals surface area (Å²) in [6, 6.07) is 13.8. The van der Waals surface area contributed by atoms with Crippen LogP contribution in [0, 0.1) is 0 Å². The van der Waals surface area contributed by atoms with Crippen molar-refractivity contribution in [1.82, 2.24) is 14.9 Å². The molecule has 5 N–H and O–H groups in total. The topological polar surface area (TPSA) is 146 Å². The Balaban J connectivity index is 1.49. The van der Waals surface area contributed by atoms with Gasteiger partial charge >= 0.3 is 0 Å². The number of aromatic nitrogens is 2. The van der Waals surface area contributed by atoms with Gasteiger partial charge in [-0.2, -0.15) is 0 Å². The summed E-state index contributed by atoms with van der Waals surface area (Å²) in [5.41, 5.74) is 12.9. The van der Waals surface area contributed by atoms with Crippen LogP contribution in [-0.2, 0) is 0 Å². The van der Waals surface area contributed by atoms with E-state index in [-0.39, 0.29) is 34.6 Å². The van der Waals surface area contributed by atoms with Gasteiger partial charge in [-0.25, -0.2) is 20.0 Å². The van der Waals surface area contributed by atoms with E-state index >= 15 is 0 Å². The number of aromatic hydroxyl groups is 1. The Labute approximate surface area is 204 Å². The molecule has 34 heavy (non-hydrogen) atoms. The molecule has 0 bridgehead atoms. The molecule has 1 amide bonds. The predicted octanol–water partition coefficient (Wildman–Crippen LogP) is 2.58. The van der Waals surface area contributed by atoms with Gasteiger partial charge in [-0.1, -0.05) is 18.2 Å². The second-order valence-electron chi connectivity index (χ2n) is 7.45. The van der Waals surface area contributed by atoms with Crippen LogP contribution in [0.15, 0.2) is 75.4 Å². The van der Waals surface area contributed by atoms with Crippen LogP contribution in [0.1, 0.15) is 10.4 Å². The van der Waals surface area contributed by atoms with E-state index in [2.05, 4.69) is 35.9 Å².